The Morgan fingerprint density at radius 3 is 2.43 bits per heavy atom. The number of benzene rings is 2. The SMILES string of the molecule is CO/C=C(/C(=O)O)c1ccccc1OCc1ccccc1. The standard InChI is InChI=1S/C17H16O4/c1-20-12-15(17(18)19)14-9-5-6-10-16(14)21-11-13-7-3-2-4-8-13/h2-10,12H,11H2,1H3,(H,18,19)/b15-12+. The minimum Gasteiger partial charge on any atom is -0.503 e. The summed E-state index contributed by atoms with van der Waals surface area (Å²) in [5.41, 5.74) is 1.56. The van der Waals surface area contributed by atoms with Gasteiger partial charge in [-0.2, -0.15) is 0 Å². The van der Waals surface area contributed by atoms with Gasteiger partial charge in [-0.05, 0) is 11.6 Å². The number of carboxylic acid groups (broad SMARTS) is 1. The summed E-state index contributed by atoms with van der Waals surface area (Å²) in [6, 6.07) is 16.7. The fraction of sp³-hybridized carbons (Fsp3) is 0.118. The van der Waals surface area contributed by atoms with E-state index in [1.165, 1.54) is 13.4 Å². The average molecular weight is 284 g/mol. The Balaban J connectivity index is 2.24. The normalized spacial score (nSPS) is 11.0. The molecule has 0 aliphatic rings. The number of rotatable bonds is 6. The first-order valence-corrected chi connectivity index (χ1v) is 6.44. The first-order chi connectivity index (χ1) is 10.2. The first-order valence-electron chi connectivity index (χ1n) is 6.44. The van der Waals surface area contributed by atoms with Gasteiger partial charge >= 0.3 is 5.97 Å². The van der Waals surface area contributed by atoms with E-state index in [1.54, 1.807) is 24.3 Å². The van der Waals surface area contributed by atoms with Gasteiger partial charge in [0.2, 0.25) is 0 Å². The topological polar surface area (TPSA) is 55.8 Å². The van der Waals surface area contributed by atoms with Gasteiger partial charge in [-0.15, -0.1) is 0 Å². The van der Waals surface area contributed by atoms with Crippen LogP contribution in [0, 0.1) is 0 Å². The van der Waals surface area contributed by atoms with Gasteiger partial charge in [0.15, 0.2) is 0 Å². The number of aliphatic carboxylic acids is 1. The molecule has 2 aromatic carbocycles. The van der Waals surface area contributed by atoms with Crippen LogP contribution in [0.2, 0.25) is 0 Å². The number of hydrogen-bond donors (Lipinski definition) is 1. The molecule has 0 unspecified atom stereocenters. The minimum atomic E-state index is -1.06. The van der Waals surface area contributed by atoms with E-state index in [1.807, 2.05) is 30.3 Å². The third-order valence-corrected chi connectivity index (χ3v) is 2.88. The summed E-state index contributed by atoms with van der Waals surface area (Å²) in [7, 11) is 1.41. The lowest BCUT2D eigenvalue weighted by Crippen LogP contribution is -2.04. The predicted molar refractivity (Wildman–Crippen MR) is 79.8 cm³/mol. The highest BCUT2D eigenvalue weighted by atomic mass is 16.5. The van der Waals surface area contributed by atoms with E-state index in [0.717, 1.165) is 5.56 Å². The molecule has 0 aromatic heterocycles. The highest BCUT2D eigenvalue weighted by Gasteiger charge is 2.15. The zero-order valence-electron chi connectivity index (χ0n) is 11.7. The fourth-order valence-corrected chi connectivity index (χ4v) is 1.90. The monoisotopic (exact) mass is 284 g/mol. The Hall–Kier alpha value is -2.75. The van der Waals surface area contributed by atoms with Gasteiger partial charge in [0, 0.05) is 5.56 Å². The molecule has 4 nitrogen and oxygen atoms in total. The van der Waals surface area contributed by atoms with Crippen LogP contribution in [-0.4, -0.2) is 18.2 Å². The van der Waals surface area contributed by atoms with Crippen LogP contribution in [0.3, 0.4) is 0 Å². The highest BCUT2D eigenvalue weighted by molar-refractivity contribution is 6.15. The van der Waals surface area contributed by atoms with Gasteiger partial charge in [0.1, 0.15) is 17.9 Å². The Bertz CT molecular complexity index is 632. The summed E-state index contributed by atoms with van der Waals surface area (Å²) in [5, 5.41) is 9.26. The third-order valence-electron chi connectivity index (χ3n) is 2.88. The molecule has 0 spiro atoms. The van der Waals surface area contributed by atoms with Crippen molar-refractivity contribution in [3.05, 3.63) is 72.0 Å². The van der Waals surface area contributed by atoms with Crippen LogP contribution in [0.1, 0.15) is 11.1 Å². The van der Waals surface area contributed by atoms with Gasteiger partial charge in [-0.25, -0.2) is 4.79 Å². The number of methoxy groups -OCH3 is 1. The van der Waals surface area contributed by atoms with Crippen LogP contribution in [0.15, 0.2) is 60.9 Å². The van der Waals surface area contributed by atoms with E-state index in [0.29, 0.717) is 17.9 Å². The Morgan fingerprint density at radius 2 is 1.76 bits per heavy atom. The zero-order valence-corrected chi connectivity index (χ0v) is 11.7. The van der Waals surface area contributed by atoms with Crippen LogP contribution < -0.4 is 4.74 Å². The maximum atomic E-state index is 11.3. The summed E-state index contributed by atoms with van der Waals surface area (Å²) in [6.07, 6.45) is 1.20. The Labute approximate surface area is 123 Å². The predicted octanol–water partition coefficient (Wildman–Crippen LogP) is 3.34. The molecule has 0 aliphatic carbocycles. The van der Waals surface area contributed by atoms with Crippen LogP contribution in [0.25, 0.3) is 5.57 Å². The van der Waals surface area contributed by atoms with E-state index < -0.39 is 5.97 Å². The lowest BCUT2D eigenvalue weighted by Gasteiger charge is -2.12. The second-order valence-corrected chi connectivity index (χ2v) is 4.34. The Morgan fingerprint density at radius 1 is 1.10 bits per heavy atom. The van der Waals surface area contributed by atoms with E-state index in [9.17, 15) is 9.90 Å². The van der Waals surface area contributed by atoms with E-state index >= 15 is 0 Å². The molecule has 4 heteroatoms. The number of ether oxygens (including phenoxy) is 2. The molecule has 2 aromatic rings. The molecule has 21 heavy (non-hydrogen) atoms. The molecule has 0 fully saturated rings. The molecule has 0 aliphatic heterocycles. The molecule has 0 bridgehead atoms. The van der Waals surface area contributed by atoms with E-state index in [4.69, 9.17) is 9.47 Å². The second-order valence-electron chi connectivity index (χ2n) is 4.34. The van der Waals surface area contributed by atoms with Gasteiger partial charge in [0.25, 0.3) is 0 Å². The molecule has 0 heterocycles. The van der Waals surface area contributed by atoms with Gasteiger partial charge in [-0.1, -0.05) is 48.5 Å². The molecular formula is C17H16O4. The molecule has 0 amide bonds. The molecule has 0 radical (unpaired) electrons. The average Bonchev–Trinajstić information content (AvgIpc) is 2.52. The van der Waals surface area contributed by atoms with Crippen LogP contribution in [0.4, 0.5) is 0 Å². The quantitative estimate of drug-likeness (QED) is 0.653. The summed E-state index contributed by atoms with van der Waals surface area (Å²) >= 11 is 0. The van der Waals surface area contributed by atoms with Crippen molar-refractivity contribution in [2.24, 2.45) is 0 Å². The van der Waals surface area contributed by atoms with Crippen molar-refractivity contribution >= 4 is 11.5 Å². The van der Waals surface area contributed by atoms with Crippen molar-refractivity contribution in [2.45, 2.75) is 6.61 Å². The molecular weight excluding hydrogens is 268 g/mol. The molecule has 0 saturated carbocycles. The zero-order chi connectivity index (χ0) is 15.1. The van der Waals surface area contributed by atoms with Crippen molar-refractivity contribution in [1.29, 1.82) is 0 Å². The van der Waals surface area contributed by atoms with E-state index in [-0.39, 0.29) is 5.57 Å². The third kappa shape index (κ3) is 3.86. The van der Waals surface area contributed by atoms with Gasteiger partial charge in [0.05, 0.1) is 13.4 Å². The van der Waals surface area contributed by atoms with Crippen LogP contribution in [-0.2, 0) is 16.1 Å². The van der Waals surface area contributed by atoms with Crippen molar-refractivity contribution in [2.75, 3.05) is 7.11 Å². The molecule has 2 rings (SSSR count). The van der Waals surface area contributed by atoms with E-state index in [2.05, 4.69) is 0 Å². The lowest BCUT2D eigenvalue weighted by molar-refractivity contribution is -0.130. The highest BCUT2D eigenvalue weighted by Crippen LogP contribution is 2.27. The molecule has 108 valence electrons. The molecule has 0 saturated heterocycles. The lowest BCUT2D eigenvalue weighted by atomic mass is 10.1. The van der Waals surface area contributed by atoms with Crippen molar-refractivity contribution in [3.63, 3.8) is 0 Å². The molecule has 0 atom stereocenters. The van der Waals surface area contributed by atoms with Crippen LogP contribution in [0.5, 0.6) is 5.75 Å². The molecule has 1 N–H and O–H groups in total. The first kappa shape index (κ1) is 14.7. The largest absolute Gasteiger partial charge is 0.503 e. The smallest absolute Gasteiger partial charge is 0.339 e. The maximum absolute atomic E-state index is 11.3. The number of carboxylic acids is 1. The van der Waals surface area contributed by atoms with Crippen molar-refractivity contribution in [1.82, 2.24) is 0 Å². The second kappa shape index (κ2) is 7.14. The Kier molecular flexibility index (Phi) is 4.99. The number of para-hydroxylation sites is 1. The summed E-state index contributed by atoms with van der Waals surface area (Å²) in [4.78, 5) is 11.3. The van der Waals surface area contributed by atoms with Crippen molar-refractivity contribution in [3.8, 4) is 5.75 Å². The summed E-state index contributed by atoms with van der Waals surface area (Å²) in [5.74, 6) is -0.556. The van der Waals surface area contributed by atoms with Gasteiger partial charge < -0.3 is 14.6 Å². The van der Waals surface area contributed by atoms with Crippen LogP contribution >= 0.6 is 0 Å². The minimum absolute atomic E-state index is 0.0566. The van der Waals surface area contributed by atoms with Crippen molar-refractivity contribution < 1.29 is 19.4 Å². The summed E-state index contributed by atoms with van der Waals surface area (Å²) in [6.45, 7) is 0.373. The number of carbonyl (C=O) groups is 1. The fourth-order valence-electron chi connectivity index (χ4n) is 1.90. The van der Waals surface area contributed by atoms with Gasteiger partial charge in [-0.3, -0.25) is 0 Å². The summed E-state index contributed by atoms with van der Waals surface area (Å²) < 4.78 is 10.6. The number of hydrogen-bond acceptors (Lipinski definition) is 3. The maximum Gasteiger partial charge on any atom is 0.339 e.